The number of halogens is 1. The molecule has 1 aliphatic heterocycles. The van der Waals surface area contributed by atoms with E-state index in [1.165, 1.54) is 5.56 Å². The fourth-order valence-corrected chi connectivity index (χ4v) is 3.46. The van der Waals surface area contributed by atoms with Crippen LogP contribution in [0.15, 0.2) is 48.5 Å². The van der Waals surface area contributed by atoms with E-state index in [-0.39, 0.29) is 17.8 Å². The maximum atomic E-state index is 14.3. The van der Waals surface area contributed by atoms with Crippen molar-refractivity contribution in [1.82, 2.24) is 10.2 Å². The number of hydrogen-bond donors (Lipinski definition) is 1. The van der Waals surface area contributed by atoms with Crippen molar-refractivity contribution in [3.63, 3.8) is 0 Å². The molecule has 1 amide bonds. The largest absolute Gasteiger partial charge is 0.490 e. The number of carbonyl (C=O) groups is 1. The van der Waals surface area contributed by atoms with Gasteiger partial charge in [-0.3, -0.25) is 9.69 Å². The molecule has 2 aromatic carbocycles. The van der Waals surface area contributed by atoms with E-state index in [4.69, 9.17) is 4.74 Å². The lowest BCUT2D eigenvalue weighted by molar-refractivity contribution is -0.119. The van der Waals surface area contributed by atoms with Crippen molar-refractivity contribution >= 4 is 5.91 Å². The Morgan fingerprint density at radius 2 is 1.89 bits per heavy atom. The number of rotatable bonds is 7. The van der Waals surface area contributed by atoms with Crippen LogP contribution in [0.5, 0.6) is 5.75 Å². The van der Waals surface area contributed by atoms with Crippen molar-refractivity contribution in [2.75, 3.05) is 19.7 Å². The van der Waals surface area contributed by atoms with E-state index in [1.54, 1.807) is 19.1 Å². The van der Waals surface area contributed by atoms with Crippen molar-refractivity contribution in [3.05, 3.63) is 65.5 Å². The second-order valence-electron chi connectivity index (χ2n) is 7.10. The fraction of sp³-hybridized carbons (Fsp3) is 0.409. The minimum Gasteiger partial charge on any atom is -0.490 e. The number of piperidine rings is 1. The van der Waals surface area contributed by atoms with Crippen LogP contribution in [0.1, 0.15) is 30.9 Å². The molecule has 5 heteroatoms. The minimum absolute atomic E-state index is 0.0263. The summed E-state index contributed by atoms with van der Waals surface area (Å²) in [6.45, 7) is 4.54. The summed E-state index contributed by atoms with van der Waals surface area (Å²) in [4.78, 5) is 13.4. The highest BCUT2D eigenvalue weighted by atomic mass is 19.1. The Morgan fingerprint density at radius 1 is 1.15 bits per heavy atom. The van der Waals surface area contributed by atoms with Gasteiger partial charge in [0.1, 0.15) is 0 Å². The molecule has 0 aromatic heterocycles. The Hall–Kier alpha value is -2.40. The Labute approximate surface area is 160 Å². The summed E-state index contributed by atoms with van der Waals surface area (Å²) < 4.78 is 20.0. The van der Waals surface area contributed by atoms with E-state index in [0.29, 0.717) is 18.9 Å². The van der Waals surface area contributed by atoms with Gasteiger partial charge in [-0.1, -0.05) is 36.4 Å². The lowest BCUT2D eigenvalue weighted by Gasteiger charge is -2.32. The molecule has 4 nitrogen and oxygen atoms in total. The molecule has 1 saturated heterocycles. The van der Waals surface area contributed by atoms with E-state index < -0.39 is 0 Å². The molecule has 0 bridgehead atoms. The molecule has 1 aliphatic rings. The zero-order valence-corrected chi connectivity index (χ0v) is 15.8. The maximum absolute atomic E-state index is 14.3. The van der Waals surface area contributed by atoms with Gasteiger partial charge in [-0.25, -0.2) is 4.39 Å². The van der Waals surface area contributed by atoms with Gasteiger partial charge in [0.25, 0.3) is 0 Å². The lowest BCUT2D eigenvalue weighted by atomic mass is 10.0. The number of likely N-dealkylation sites (tertiary alicyclic amines) is 1. The van der Waals surface area contributed by atoms with Crippen LogP contribution in [0.2, 0.25) is 0 Å². The highest BCUT2D eigenvalue weighted by Gasteiger charge is 2.20. The van der Waals surface area contributed by atoms with Gasteiger partial charge in [0.2, 0.25) is 5.91 Å². The predicted molar refractivity (Wildman–Crippen MR) is 104 cm³/mol. The van der Waals surface area contributed by atoms with Crippen LogP contribution in [-0.4, -0.2) is 36.5 Å². The molecule has 1 fully saturated rings. The molecular formula is C22H27FN2O2. The van der Waals surface area contributed by atoms with E-state index in [1.807, 2.05) is 36.4 Å². The second kappa shape index (κ2) is 9.51. The third kappa shape index (κ3) is 6.07. The SMILES string of the molecule is CC(=O)NC1CCN(Cc2ccc(OCCc3ccccc3)c(F)c2)CC1. The highest BCUT2D eigenvalue weighted by Crippen LogP contribution is 2.21. The van der Waals surface area contributed by atoms with Gasteiger partial charge in [0.05, 0.1) is 6.61 Å². The Balaban J connectivity index is 1.46. The highest BCUT2D eigenvalue weighted by molar-refractivity contribution is 5.73. The van der Waals surface area contributed by atoms with E-state index in [9.17, 15) is 9.18 Å². The normalized spacial score (nSPS) is 15.5. The van der Waals surface area contributed by atoms with Gasteiger partial charge in [-0.05, 0) is 36.1 Å². The smallest absolute Gasteiger partial charge is 0.217 e. The number of hydrogen-bond acceptors (Lipinski definition) is 3. The molecule has 0 saturated carbocycles. The molecule has 0 radical (unpaired) electrons. The Morgan fingerprint density at radius 3 is 2.56 bits per heavy atom. The predicted octanol–water partition coefficient (Wildman–Crippen LogP) is 3.55. The number of carbonyl (C=O) groups excluding carboxylic acids is 1. The minimum atomic E-state index is -0.311. The topological polar surface area (TPSA) is 41.6 Å². The summed E-state index contributed by atoms with van der Waals surface area (Å²) in [5.41, 5.74) is 2.12. The maximum Gasteiger partial charge on any atom is 0.217 e. The van der Waals surface area contributed by atoms with Gasteiger partial charge >= 0.3 is 0 Å². The number of nitrogens with one attached hydrogen (secondary N) is 1. The molecule has 1 N–H and O–H groups in total. The summed E-state index contributed by atoms with van der Waals surface area (Å²) in [6.07, 6.45) is 2.62. The molecule has 1 heterocycles. The summed E-state index contributed by atoms with van der Waals surface area (Å²) in [6, 6.07) is 15.5. The molecule has 2 aromatic rings. The summed E-state index contributed by atoms with van der Waals surface area (Å²) >= 11 is 0. The Bertz CT molecular complexity index is 743. The van der Waals surface area contributed by atoms with Gasteiger partial charge in [-0.15, -0.1) is 0 Å². The molecule has 3 rings (SSSR count). The average Bonchev–Trinajstić information content (AvgIpc) is 2.66. The van der Waals surface area contributed by atoms with Crippen molar-refractivity contribution in [3.8, 4) is 5.75 Å². The van der Waals surface area contributed by atoms with Gasteiger partial charge in [0, 0.05) is 39.0 Å². The average molecular weight is 370 g/mol. The van der Waals surface area contributed by atoms with Gasteiger partial charge in [-0.2, -0.15) is 0 Å². The number of amides is 1. The molecule has 0 spiro atoms. The van der Waals surface area contributed by atoms with Crippen LogP contribution in [0, 0.1) is 5.82 Å². The van der Waals surface area contributed by atoms with Crippen molar-refractivity contribution in [1.29, 1.82) is 0 Å². The molecule has 27 heavy (non-hydrogen) atoms. The van der Waals surface area contributed by atoms with Crippen LogP contribution < -0.4 is 10.1 Å². The van der Waals surface area contributed by atoms with Crippen LogP contribution >= 0.6 is 0 Å². The number of nitrogens with zero attached hydrogens (tertiary/aromatic N) is 1. The van der Waals surface area contributed by atoms with E-state index in [0.717, 1.165) is 37.9 Å². The van der Waals surface area contributed by atoms with E-state index >= 15 is 0 Å². The molecule has 0 unspecified atom stereocenters. The summed E-state index contributed by atoms with van der Waals surface area (Å²) in [5, 5.41) is 2.97. The monoisotopic (exact) mass is 370 g/mol. The molecule has 0 aliphatic carbocycles. The molecule has 0 atom stereocenters. The standard InChI is InChI=1S/C22H27FN2O2/c1-17(26)24-20-9-12-25(13-10-20)16-19-7-8-22(21(23)15-19)27-14-11-18-5-3-2-4-6-18/h2-8,15,20H,9-14,16H2,1H3,(H,24,26). The van der Waals surface area contributed by atoms with Crippen LogP contribution in [0.25, 0.3) is 0 Å². The number of ether oxygens (including phenoxy) is 1. The van der Waals surface area contributed by atoms with Gasteiger partial charge < -0.3 is 10.1 Å². The van der Waals surface area contributed by atoms with Crippen molar-refractivity contribution in [2.24, 2.45) is 0 Å². The number of benzene rings is 2. The first-order valence-electron chi connectivity index (χ1n) is 9.55. The zero-order valence-electron chi connectivity index (χ0n) is 15.8. The lowest BCUT2D eigenvalue weighted by Crippen LogP contribution is -2.43. The summed E-state index contributed by atoms with van der Waals surface area (Å²) in [7, 11) is 0. The van der Waals surface area contributed by atoms with Crippen LogP contribution in [0.4, 0.5) is 4.39 Å². The van der Waals surface area contributed by atoms with Crippen LogP contribution in [0.3, 0.4) is 0 Å². The quantitative estimate of drug-likeness (QED) is 0.810. The first-order valence-corrected chi connectivity index (χ1v) is 9.55. The first-order chi connectivity index (χ1) is 13.1. The van der Waals surface area contributed by atoms with E-state index in [2.05, 4.69) is 10.2 Å². The zero-order chi connectivity index (χ0) is 19.1. The van der Waals surface area contributed by atoms with Crippen molar-refractivity contribution < 1.29 is 13.9 Å². The first kappa shape index (κ1) is 19.4. The third-order valence-corrected chi connectivity index (χ3v) is 4.89. The van der Waals surface area contributed by atoms with Crippen molar-refractivity contribution in [2.45, 2.75) is 38.8 Å². The molecular weight excluding hydrogens is 343 g/mol. The third-order valence-electron chi connectivity index (χ3n) is 4.89. The van der Waals surface area contributed by atoms with Gasteiger partial charge in [0.15, 0.2) is 11.6 Å². The summed E-state index contributed by atoms with van der Waals surface area (Å²) in [5.74, 6) is 0.0196. The Kier molecular flexibility index (Phi) is 6.82. The fourth-order valence-electron chi connectivity index (χ4n) is 3.46. The second-order valence-corrected chi connectivity index (χ2v) is 7.10. The van der Waals surface area contributed by atoms with Crippen LogP contribution in [-0.2, 0) is 17.8 Å². The molecule has 144 valence electrons.